The Morgan fingerprint density at radius 3 is 1.92 bits per heavy atom. The van der Waals surface area contributed by atoms with Gasteiger partial charge in [-0.1, -0.05) is 0 Å². The summed E-state index contributed by atoms with van der Waals surface area (Å²) in [6, 6.07) is -1.65. The van der Waals surface area contributed by atoms with Crippen LogP contribution in [0, 0.1) is 0 Å². The van der Waals surface area contributed by atoms with Crippen molar-refractivity contribution in [3.8, 4) is 0 Å². The lowest BCUT2D eigenvalue weighted by Crippen LogP contribution is -2.64. The summed E-state index contributed by atoms with van der Waals surface area (Å²) in [5.41, 5.74) is -3.76. The number of esters is 6. The van der Waals surface area contributed by atoms with Crippen molar-refractivity contribution in [2.45, 2.75) is 51.0 Å². The molecule has 15 heteroatoms. The molecule has 0 aromatic carbocycles. The quantitative estimate of drug-likeness (QED) is 0.247. The van der Waals surface area contributed by atoms with Gasteiger partial charge in [-0.3, -0.25) is 24.2 Å². The second-order valence-corrected chi connectivity index (χ2v) is 8.01. The summed E-state index contributed by atoms with van der Waals surface area (Å²) >= 11 is 0. The van der Waals surface area contributed by atoms with Crippen LogP contribution in [0.3, 0.4) is 0 Å². The van der Waals surface area contributed by atoms with Gasteiger partial charge < -0.3 is 28.4 Å². The Morgan fingerprint density at radius 1 is 0.892 bits per heavy atom. The first-order valence-corrected chi connectivity index (χ1v) is 10.8. The zero-order chi connectivity index (χ0) is 28.2. The third-order valence-corrected chi connectivity index (χ3v) is 5.81. The Labute approximate surface area is 211 Å². The van der Waals surface area contributed by atoms with Crippen LogP contribution in [-0.4, -0.2) is 110 Å². The Balaban J connectivity index is 2.96. The van der Waals surface area contributed by atoms with Crippen molar-refractivity contribution in [3.05, 3.63) is 11.3 Å². The fraction of sp³-hybridized carbons (Fsp3) is 0.591. The summed E-state index contributed by atoms with van der Waals surface area (Å²) in [5, 5.41) is 1.87. The molecule has 0 aliphatic carbocycles. The van der Waals surface area contributed by atoms with E-state index in [1.54, 1.807) is 0 Å². The van der Waals surface area contributed by atoms with E-state index in [-0.39, 0.29) is 0 Å². The van der Waals surface area contributed by atoms with Crippen molar-refractivity contribution in [2.24, 2.45) is 0 Å². The van der Waals surface area contributed by atoms with Gasteiger partial charge in [0.1, 0.15) is 17.7 Å². The molecule has 0 aromatic heterocycles. The molecular formula is C22H28N2O13. The highest BCUT2D eigenvalue weighted by atomic mass is 16.6. The minimum atomic E-state index is -2.51. The summed E-state index contributed by atoms with van der Waals surface area (Å²) in [6.07, 6.45) is -3.75. The van der Waals surface area contributed by atoms with Crippen LogP contribution in [0.25, 0.3) is 0 Å². The number of nitrogens with zero attached hydrogens (tertiary/aromatic N) is 2. The van der Waals surface area contributed by atoms with E-state index in [1.165, 1.54) is 6.92 Å². The van der Waals surface area contributed by atoms with Gasteiger partial charge in [-0.05, 0) is 6.92 Å². The van der Waals surface area contributed by atoms with E-state index in [2.05, 4.69) is 0 Å². The van der Waals surface area contributed by atoms with Crippen molar-refractivity contribution >= 4 is 41.6 Å². The minimum absolute atomic E-state index is 0.582. The second-order valence-electron chi connectivity index (χ2n) is 8.01. The molecule has 15 nitrogen and oxygen atoms in total. The number of Topliss-reactive ketones (excluding diaryl/α,β-unsaturated/α-hetero) is 1. The maximum Gasteiger partial charge on any atom is 0.356 e. The summed E-state index contributed by atoms with van der Waals surface area (Å²) in [5.74, 6) is -7.00. The first-order chi connectivity index (χ1) is 17.3. The molecule has 2 rings (SSSR count). The van der Waals surface area contributed by atoms with Crippen LogP contribution >= 0.6 is 0 Å². The number of carbonyl (C=O) groups is 7. The molecule has 4 atom stereocenters. The van der Waals surface area contributed by atoms with Gasteiger partial charge in [0, 0.05) is 13.8 Å². The normalized spacial score (nSPS) is 22.5. The highest BCUT2D eigenvalue weighted by Gasteiger charge is 2.69. The summed E-state index contributed by atoms with van der Waals surface area (Å²) in [6.45, 7) is 2.83. The maximum atomic E-state index is 13.5. The SMILES string of the molecule is COC(=O)C[C@]1(C(=O)OC)C(C(=O)OC)=C(C(=O)OC)N2CC(=O)[C@@H]([C@@H](OC(C)=O)[C@H](C)OC(C)=O)N21. The summed E-state index contributed by atoms with van der Waals surface area (Å²) in [4.78, 5) is 89.0. The molecular weight excluding hydrogens is 500 g/mol. The van der Waals surface area contributed by atoms with Crippen molar-refractivity contribution in [1.82, 2.24) is 10.0 Å². The van der Waals surface area contributed by atoms with E-state index < -0.39 is 89.6 Å². The van der Waals surface area contributed by atoms with Gasteiger partial charge >= 0.3 is 35.8 Å². The lowest BCUT2D eigenvalue weighted by atomic mass is 9.83. The molecule has 0 amide bonds. The first-order valence-electron chi connectivity index (χ1n) is 10.8. The van der Waals surface area contributed by atoms with Crippen molar-refractivity contribution in [3.63, 3.8) is 0 Å². The summed E-state index contributed by atoms with van der Waals surface area (Å²) < 4.78 is 29.8. The van der Waals surface area contributed by atoms with Gasteiger partial charge in [0.2, 0.25) is 0 Å². The number of hydrogen-bond donors (Lipinski definition) is 0. The molecule has 0 radical (unpaired) electrons. The number of fused-ring (bicyclic) bond motifs is 1. The molecule has 1 saturated heterocycles. The van der Waals surface area contributed by atoms with Crippen molar-refractivity contribution < 1.29 is 62.0 Å². The van der Waals surface area contributed by atoms with Crippen LogP contribution < -0.4 is 0 Å². The van der Waals surface area contributed by atoms with Crippen molar-refractivity contribution in [2.75, 3.05) is 35.0 Å². The molecule has 2 aliphatic heterocycles. The van der Waals surface area contributed by atoms with Crippen LogP contribution in [0.1, 0.15) is 27.2 Å². The van der Waals surface area contributed by atoms with Gasteiger partial charge in [0.05, 0.1) is 41.4 Å². The predicted molar refractivity (Wildman–Crippen MR) is 117 cm³/mol. The smallest absolute Gasteiger partial charge is 0.356 e. The molecule has 0 aromatic rings. The minimum Gasteiger partial charge on any atom is -0.469 e. The maximum absolute atomic E-state index is 13.5. The van der Waals surface area contributed by atoms with Crippen LogP contribution in [0.5, 0.6) is 0 Å². The van der Waals surface area contributed by atoms with Gasteiger partial charge in [-0.25, -0.2) is 14.4 Å². The van der Waals surface area contributed by atoms with E-state index in [9.17, 15) is 33.6 Å². The monoisotopic (exact) mass is 528 g/mol. The number of ketones is 1. The largest absolute Gasteiger partial charge is 0.469 e. The first kappa shape index (κ1) is 29.2. The lowest BCUT2D eigenvalue weighted by Gasteiger charge is -2.41. The number of ether oxygens (including phenoxy) is 6. The standard InChI is InChI=1S/C22H28N2O13/c1-10(36-11(2)25)18(37-12(3)26)16-13(27)9-23-17(20(30)34-6)15(19(29)33-5)22(24(16)23,21(31)35-7)8-14(28)32-4/h10,16,18H,8-9H2,1-7H3/t10-,16-,18-,22+/m0/s1. The molecule has 2 heterocycles. The molecule has 2 aliphatic rings. The number of carbonyl (C=O) groups excluding carboxylic acids is 7. The van der Waals surface area contributed by atoms with Crippen LogP contribution in [0.15, 0.2) is 11.3 Å². The average Bonchev–Trinajstić information content (AvgIpc) is 3.31. The molecule has 0 spiro atoms. The Morgan fingerprint density at radius 2 is 1.46 bits per heavy atom. The topological polar surface area (TPSA) is 181 Å². The van der Waals surface area contributed by atoms with Gasteiger partial charge in [-0.15, -0.1) is 0 Å². The van der Waals surface area contributed by atoms with Gasteiger partial charge in [-0.2, -0.15) is 5.01 Å². The Hall–Kier alpha value is -4.01. The highest BCUT2D eigenvalue weighted by molar-refractivity contribution is 6.11. The molecule has 204 valence electrons. The number of methoxy groups -OCH3 is 4. The van der Waals surface area contributed by atoms with Crippen LogP contribution in [0.2, 0.25) is 0 Å². The van der Waals surface area contributed by atoms with Crippen LogP contribution in [0.4, 0.5) is 0 Å². The highest BCUT2D eigenvalue weighted by Crippen LogP contribution is 2.48. The fourth-order valence-corrected chi connectivity index (χ4v) is 4.49. The van der Waals surface area contributed by atoms with E-state index >= 15 is 0 Å². The average molecular weight is 528 g/mol. The van der Waals surface area contributed by atoms with E-state index in [4.69, 9.17) is 28.4 Å². The number of hydrogen-bond acceptors (Lipinski definition) is 15. The fourth-order valence-electron chi connectivity index (χ4n) is 4.49. The summed E-state index contributed by atoms with van der Waals surface area (Å²) in [7, 11) is 3.93. The predicted octanol–water partition coefficient (Wildman–Crippen LogP) is -1.57. The van der Waals surface area contributed by atoms with Gasteiger partial charge in [0.15, 0.2) is 23.1 Å². The molecule has 0 bridgehead atoms. The van der Waals surface area contributed by atoms with Crippen LogP contribution in [-0.2, 0) is 62.0 Å². The molecule has 0 saturated carbocycles. The van der Waals surface area contributed by atoms with E-state index in [1.807, 2.05) is 0 Å². The molecule has 0 unspecified atom stereocenters. The number of rotatable bonds is 9. The lowest BCUT2D eigenvalue weighted by molar-refractivity contribution is -0.185. The Kier molecular flexibility index (Phi) is 8.98. The molecule has 0 N–H and O–H groups in total. The van der Waals surface area contributed by atoms with Crippen molar-refractivity contribution in [1.29, 1.82) is 0 Å². The molecule has 1 fully saturated rings. The molecule has 37 heavy (non-hydrogen) atoms. The van der Waals surface area contributed by atoms with Gasteiger partial charge in [0.25, 0.3) is 0 Å². The third-order valence-electron chi connectivity index (χ3n) is 5.81. The van der Waals surface area contributed by atoms with E-state index in [0.717, 1.165) is 52.3 Å². The Bertz CT molecular complexity index is 1050. The zero-order valence-corrected chi connectivity index (χ0v) is 21.3. The second kappa shape index (κ2) is 11.4. The third kappa shape index (κ3) is 5.12. The number of hydrazine groups is 1. The van der Waals surface area contributed by atoms with E-state index in [0.29, 0.717) is 0 Å². The zero-order valence-electron chi connectivity index (χ0n) is 21.3.